The second-order valence-electron chi connectivity index (χ2n) is 2.49. The van der Waals surface area contributed by atoms with Gasteiger partial charge in [-0.15, -0.1) is 0 Å². The van der Waals surface area contributed by atoms with Gasteiger partial charge >= 0.3 is 0 Å². The molecule has 12 heavy (non-hydrogen) atoms. The average Bonchev–Trinajstić information content (AvgIpc) is 2.07. The predicted octanol–water partition coefficient (Wildman–Crippen LogP) is 2.70. The Labute approximate surface area is 78.0 Å². The lowest BCUT2D eigenvalue weighted by Gasteiger charge is -1.99. The summed E-state index contributed by atoms with van der Waals surface area (Å²) >= 11 is 3.38. The fourth-order valence-electron chi connectivity index (χ4n) is 1.10. The van der Waals surface area contributed by atoms with Crippen molar-refractivity contribution in [3.63, 3.8) is 0 Å². The van der Waals surface area contributed by atoms with Gasteiger partial charge in [0.1, 0.15) is 5.75 Å². The molecule has 0 spiro atoms. The van der Waals surface area contributed by atoms with Crippen LogP contribution in [0, 0.1) is 0 Å². The van der Waals surface area contributed by atoms with Crippen LogP contribution in [0.5, 0.6) is 5.75 Å². The first kappa shape index (κ1) is 7.55. The van der Waals surface area contributed by atoms with Crippen molar-refractivity contribution in [1.29, 1.82) is 0 Å². The van der Waals surface area contributed by atoms with E-state index in [0.29, 0.717) is 0 Å². The maximum absolute atomic E-state index is 9.21. The topological polar surface area (TPSA) is 33.1 Å². The van der Waals surface area contributed by atoms with Crippen molar-refractivity contribution in [2.75, 3.05) is 0 Å². The zero-order valence-electron chi connectivity index (χ0n) is 6.16. The van der Waals surface area contributed by atoms with Crippen molar-refractivity contribution in [2.24, 2.45) is 0 Å². The number of nitrogens with zero attached hydrogens (tertiary/aromatic N) is 1. The van der Waals surface area contributed by atoms with Gasteiger partial charge in [0.15, 0.2) is 0 Å². The Kier molecular flexibility index (Phi) is 1.73. The van der Waals surface area contributed by atoms with E-state index < -0.39 is 0 Å². The number of aromatic nitrogens is 1. The first-order chi connectivity index (χ1) is 5.77. The maximum Gasteiger partial charge on any atom is 0.116 e. The van der Waals surface area contributed by atoms with Crippen LogP contribution < -0.4 is 0 Å². The predicted molar refractivity (Wildman–Crippen MR) is 51.1 cm³/mol. The van der Waals surface area contributed by atoms with Crippen LogP contribution >= 0.6 is 15.9 Å². The highest BCUT2D eigenvalue weighted by Gasteiger charge is 1.98. The minimum Gasteiger partial charge on any atom is -0.508 e. The lowest BCUT2D eigenvalue weighted by molar-refractivity contribution is 0.476. The van der Waals surface area contributed by atoms with Gasteiger partial charge in [0.2, 0.25) is 0 Å². The molecule has 2 nitrogen and oxygen atoms in total. The zero-order chi connectivity index (χ0) is 8.55. The minimum absolute atomic E-state index is 0.260. The van der Waals surface area contributed by atoms with Gasteiger partial charge in [-0.05, 0) is 24.3 Å². The van der Waals surface area contributed by atoms with Gasteiger partial charge in [-0.1, -0.05) is 15.9 Å². The maximum atomic E-state index is 9.21. The van der Waals surface area contributed by atoms with E-state index in [4.69, 9.17) is 0 Å². The Morgan fingerprint density at radius 3 is 2.92 bits per heavy atom. The molecule has 2 aromatic rings. The molecule has 0 bridgehead atoms. The molecule has 1 aromatic heterocycles. The molecule has 0 amide bonds. The van der Waals surface area contributed by atoms with Gasteiger partial charge in [0, 0.05) is 16.1 Å². The Balaban J connectivity index is 2.88. The first-order valence-corrected chi connectivity index (χ1v) is 4.30. The van der Waals surface area contributed by atoms with Crippen molar-refractivity contribution >= 4 is 26.8 Å². The lowest BCUT2D eigenvalue weighted by atomic mass is 10.2. The second-order valence-corrected chi connectivity index (χ2v) is 3.35. The third kappa shape index (κ3) is 1.16. The molecule has 0 aliphatic rings. The van der Waals surface area contributed by atoms with Crippen LogP contribution in [0.2, 0.25) is 0 Å². The monoisotopic (exact) mass is 223 g/mol. The molecular formula is C9H6BrNO. The highest BCUT2D eigenvalue weighted by molar-refractivity contribution is 9.10. The highest BCUT2D eigenvalue weighted by atomic mass is 79.9. The van der Waals surface area contributed by atoms with Gasteiger partial charge in [0.25, 0.3) is 0 Å². The van der Waals surface area contributed by atoms with Crippen molar-refractivity contribution < 1.29 is 5.11 Å². The number of phenols is 1. The molecule has 0 radical (unpaired) electrons. The van der Waals surface area contributed by atoms with E-state index in [2.05, 4.69) is 20.9 Å². The van der Waals surface area contributed by atoms with Gasteiger partial charge in [-0.3, -0.25) is 4.98 Å². The summed E-state index contributed by atoms with van der Waals surface area (Å²) in [6.45, 7) is 0. The average molecular weight is 224 g/mol. The number of hydrogen-bond acceptors (Lipinski definition) is 2. The number of rotatable bonds is 0. The Bertz CT molecular complexity index is 428. The molecule has 0 saturated heterocycles. The zero-order valence-corrected chi connectivity index (χ0v) is 7.75. The van der Waals surface area contributed by atoms with E-state index in [1.165, 1.54) is 0 Å². The van der Waals surface area contributed by atoms with Gasteiger partial charge < -0.3 is 5.11 Å². The minimum atomic E-state index is 0.260. The van der Waals surface area contributed by atoms with Crippen LogP contribution in [-0.4, -0.2) is 10.1 Å². The first-order valence-electron chi connectivity index (χ1n) is 3.50. The molecule has 1 N–H and O–H groups in total. The van der Waals surface area contributed by atoms with Crippen LogP contribution in [0.3, 0.4) is 0 Å². The van der Waals surface area contributed by atoms with Crippen LogP contribution in [-0.2, 0) is 0 Å². The summed E-state index contributed by atoms with van der Waals surface area (Å²) in [5.41, 5.74) is 0.877. The van der Waals surface area contributed by atoms with E-state index in [1.807, 2.05) is 6.07 Å². The SMILES string of the molecule is Oc1ccc2nccc(Br)c2c1. The summed E-state index contributed by atoms with van der Waals surface area (Å²) < 4.78 is 0.948. The summed E-state index contributed by atoms with van der Waals surface area (Å²) in [7, 11) is 0. The summed E-state index contributed by atoms with van der Waals surface area (Å²) in [5.74, 6) is 0.260. The number of phenolic OH excluding ortho intramolecular Hbond substituents is 1. The standard InChI is InChI=1S/C9H6BrNO/c10-8-3-4-11-9-2-1-6(12)5-7(8)9/h1-5,12H. The number of aromatic hydroxyl groups is 1. The highest BCUT2D eigenvalue weighted by Crippen LogP contribution is 2.24. The van der Waals surface area contributed by atoms with Crippen molar-refractivity contribution in [1.82, 2.24) is 4.98 Å². The van der Waals surface area contributed by atoms with E-state index >= 15 is 0 Å². The van der Waals surface area contributed by atoms with Crippen molar-refractivity contribution in [2.45, 2.75) is 0 Å². The quantitative estimate of drug-likeness (QED) is 0.746. The smallest absolute Gasteiger partial charge is 0.116 e. The van der Waals surface area contributed by atoms with E-state index in [1.54, 1.807) is 24.4 Å². The molecule has 1 aromatic carbocycles. The summed E-state index contributed by atoms with van der Waals surface area (Å²) in [6.07, 6.45) is 1.73. The summed E-state index contributed by atoms with van der Waals surface area (Å²) in [6, 6.07) is 6.95. The third-order valence-electron chi connectivity index (χ3n) is 1.67. The van der Waals surface area contributed by atoms with Crippen molar-refractivity contribution in [3.8, 4) is 5.75 Å². The number of benzene rings is 1. The fraction of sp³-hybridized carbons (Fsp3) is 0. The number of pyridine rings is 1. The Morgan fingerprint density at radius 2 is 2.08 bits per heavy atom. The van der Waals surface area contributed by atoms with Gasteiger partial charge in [-0.2, -0.15) is 0 Å². The molecule has 60 valence electrons. The van der Waals surface area contributed by atoms with E-state index in [9.17, 15) is 5.11 Å². The summed E-state index contributed by atoms with van der Waals surface area (Å²) in [4.78, 5) is 4.14. The van der Waals surface area contributed by atoms with Crippen LogP contribution in [0.4, 0.5) is 0 Å². The van der Waals surface area contributed by atoms with Crippen molar-refractivity contribution in [3.05, 3.63) is 34.9 Å². The number of hydrogen-bond donors (Lipinski definition) is 1. The molecule has 0 fully saturated rings. The molecule has 0 aliphatic carbocycles. The largest absolute Gasteiger partial charge is 0.508 e. The second kappa shape index (κ2) is 2.75. The Morgan fingerprint density at radius 1 is 1.25 bits per heavy atom. The molecular weight excluding hydrogens is 218 g/mol. The summed E-state index contributed by atoms with van der Waals surface area (Å²) in [5, 5.41) is 10.1. The molecule has 0 aliphatic heterocycles. The lowest BCUT2D eigenvalue weighted by Crippen LogP contribution is -1.78. The molecule has 1 heterocycles. The van der Waals surface area contributed by atoms with E-state index in [-0.39, 0.29) is 5.75 Å². The molecule has 3 heteroatoms. The molecule has 0 atom stereocenters. The molecule has 0 saturated carbocycles. The van der Waals surface area contributed by atoms with Gasteiger partial charge in [0.05, 0.1) is 5.52 Å². The fourth-order valence-corrected chi connectivity index (χ4v) is 1.54. The molecule has 0 unspecified atom stereocenters. The van der Waals surface area contributed by atoms with Gasteiger partial charge in [-0.25, -0.2) is 0 Å². The molecule has 2 rings (SSSR count). The van der Waals surface area contributed by atoms with Crippen LogP contribution in [0.15, 0.2) is 34.9 Å². The number of fused-ring (bicyclic) bond motifs is 1. The Hall–Kier alpha value is -1.09. The van der Waals surface area contributed by atoms with Crippen LogP contribution in [0.1, 0.15) is 0 Å². The number of halogens is 1. The van der Waals surface area contributed by atoms with Crippen LogP contribution in [0.25, 0.3) is 10.9 Å². The third-order valence-corrected chi connectivity index (χ3v) is 2.36. The normalized spacial score (nSPS) is 10.4. The van der Waals surface area contributed by atoms with E-state index in [0.717, 1.165) is 15.4 Å².